The molecule has 0 aliphatic rings. The summed E-state index contributed by atoms with van der Waals surface area (Å²) in [7, 11) is -10.3. The molecule has 444 valence electrons. The van der Waals surface area contributed by atoms with Gasteiger partial charge in [-0.2, -0.15) is 28.8 Å². The lowest BCUT2D eigenvalue weighted by Crippen LogP contribution is -2.15. The Morgan fingerprint density at radius 2 is 0.643 bits per heavy atom. The Labute approximate surface area is 482 Å². The molecule has 0 radical (unpaired) electrons. The lowest BCUT2D eigenvalue weighted by atomic mass is 10.1. The van der Waals surface area contributed by atoms with E-state index in [0.717, 1.165) is 35.5 Å². The van der Waals surface area contributed by atoms with Gasteiger partial charge >= 0.3 is 18.3 Å². The summed E-state index contributed by atoms with van der Waals surface area (Å²) >= 11 is 0. The van der Waals surface area contributed by atoms with Gasteiger partial charge < -0.3 is 14.2 Å². The van der Waals surface area contributed by atoms with Gasteiger partial charge in [0.05, 0.1) is 89.8 Å². The molecule has 6 N–H and O–H groups in total. The maximum Gasteiger partial charge on any atom is 0.411 e. The van der Waals surface area contributed by atoms with E-state index in [0.29, 0.717) is 102 Å². The summed E-state index contributed by atoms with van der Waals surface area (Å²) < 4.78 is 96.4. The van der Waals surface area contributed by atoms with Crippen molar-refractivity contribution in [2.24, 2.45) is 0 Å². The van der Waals surface area contributed by atoms with Crippen molar-refractivity contribution in [3.8, 4) is 33.8 Å². The Morgan fingerprint density at radius 3 is 0.869 bits per heavy atom. The van der Waals surface area contributed by atoms with Crippen molar-refractivity contribution in [3.63, 3.8) is 0 Å². The van der Waals surface area contributed by atoms with Crippen LogP contribution in [-0.2, 0) is 44.3 Å². The fourth-order valence-corrected chi connectivity index (χ4v) is 9.61. The minimum absolute atomic E-state index is 0.226. The van der Waals surface area contributed by atoms with Crippen LogP contribution in [0.2, 0.25) is 0 Å². The van der Waals surface area contributed by atoms with Crippen LogP contribution in [0.25, 0.3) is 50.7 Å². The van der Waals surface area contributed by atoms with Gasteiger partial charge in [0.25, 0.3) is 0 Å². The largest absolute Gasteiger partial charge is 0.450 e. The summed E-state index contributed by atoms with van der Waals surface area (Å²) in [4.78, 5) is 35.6. The number of anilines is 6. The van der Waals surface area contributed by atoms with Crippen molar-refractivity contribution in [1.29, 1.82) is 0 Å². The molecule has 84 heavy (non-hydrogen) atoms. The van der Waals surface area contributed by atoms with Gasteiger partial charge in [-0.3, -0.25) is 30.1 Å². The van der Waals surface area contributed by atoms with Gasteiger partial charge in [-0.1, -0.05) is 36.4 Å². The number of aryl methyl sites for hydroxylation is 6. The van der Waals surface area contributed by atoms with E-state index in [-0.39, 0.29) is 19.8 Å². The molecular formula is C51H60N18O12S3. The van der Waals surface area contributed by atoms with E-state index in [4.69, 9.17) is 14.2 Å². The third kappa shape index (κ3) is 15.9. The quantitative estimate of drug-likeness (QED) is 0.0560. The van der Waals surface area contributed by atoms with Crippen LogP contribution < -0.4 is 30.1 Å². The smallest absolute Gasteiger partial charge is 0.411 e. The van der Waals surface area contributed by atoms with Crippen molar-refractivity contribution >= 4 is 99.4 Å². The number of carbonyl (C=O) groups is 3. The highest BCUT2D eigenvalue weighted by atomic mass is 32.2. The molecule has 0 fully saturated rings. The molecule has 0 spiro atoms. The normalized spacial score (nSPS) is 11.4. The maximum absolute atomic E-state index is 11.9. The number of hydrogen-bond acceptors (Lipinski definition) is 21. The number of nitrogens with zero attached hydrogens (tertiary/aromatic N) is 12. The third-order valence-corrected chi connectivity index (χ3v) is 13.4. The van der Waals surface area contributed by atoms with Crippen LogP contribution in [0.15, 0.2) is 72.8 Å². The molecule has 3 aromatic carbocycles. The molecule has 6 aromatic heterocycles. The maximum atomic E-state index is 11.9. The fourth-order valence-electron chi connectivity index (χ4n) is 7.75. The SMILES string of the molecule is CCOC(=O)Nc1cc(-c2ccc(C)c(NS(C)(=O)=O)c2)nn2c(C)nnc12.CCOC(=O)Nc1cc(-c2ccc(C)c(NS(C)(=O)=O)c2)nn2c(C)nnc12.CCOC(=O)Nc1cc(-c2ccc(C)c(NS(C)(=O)=O)c2)nn2c(C)nnc12. The predicted molar refractivity (Wildman–Crippen MR) is 314 cm³/mol. The number of fused-ring (bicyclic) bond motifs is 3. The van der Waals surface area contributed by atoms with Crippen molar-refractivity contribution in [3.05, 3.63) is 107 Å². The van der Waals surface area contributed by atoms with Gasteiger partial charge in [-0.15, -0.1) is 30.6 Å². The van der Waals surface area contributed by atoms with Gasteiger partial charge in [0, 0.05) is 16.7 Å². The zero-order valence-electron chi connectivity index (χ0n) is 47.5. The van der Waals surface area contributed by atoms with Crippen molar-refractivity contribution in [2.45, 2.75) is 62.3 Å². The molecule has 0 unspecified atom stereocenters. The number of sulfonamides is 3. The molecule has 0 aliphatic heterocycles. The van der Waals surface area contributed by atoms with Gasteiger partial charge in [0.1, 0.15) is 0 Å². The van der Waals surface area contributed by atoms with Crippen LogP contribution in [0.4, 0.5) is 48.5 Å². The molecule has 0 saturated carbocycles. The number of carbonyl (C=O) groups excluding carboxylic acids is 3. The Bertz CT molecular complexity index is 3900. The number of amides is 3. The lowest BCUT2D eigenvalue weighted by molar-refractivity contribution is 0.167. The fraction of sp³-hybridized carbons (Fsp3) is 0.294. The van der Waals surface area contributed by atoms with E-state index in [1.807, 2.05) is 18.2 Å². The first-order valence-electron chi connectivity index (χ1n) is 25.3. The Morgan fingerprint density at radius 1 is 0.393 bits per heavy atom. The molecule has 3 amide bonds. The number of benzene rings is 3. The van der Waals surface area contributed by atoms with Gasteiger partial charge in [0.15, 0.2) is 17.5 Å². The zero-order chi connectivity index (χ0) is 61.4. The van der Waals surface area contributed by atoms with Gasteiger partial charge in [-0.05, 0) is 115 Å². The highest BCUT2D eigenvalue weighted by Gasteiger charge is 2.20. The topological polar surface area (TPSA) is 383 Å². The minimum Gasteiger partial charge on any atom is -0.450 e. The highest BCUT2D eigenvalue weighted by Crippen LogP contribution is 2.32. The van der Waals surface area contributed by atoms with E-state index in [1.54, 1.807) is 117 Å². The average Bonchev–Trinajstić information content (AvgIpc) is 2.65. The van der Waals surface area contributed by atoms with Crippen molar-refractivity contribution in [1.82, 2.24) is 59.4 Å². The second kappa shape index (κ2) is 25.7. The molecule has 0 bridgehead atoms. The molecule has 33 heteroatoms. The standard InChI is InChI=1S/3C17H20N6O4S/c3*1-5-27-17(24)18-15-9-14(21-23-11(3)19-20-16(15)23)12-7-6-10(2)13(8-12)22-28(4,25)26/h3*6-9,22H,5H2,1-4H3,(H,18,24). The van der Waals surface area contributed by atoms with E-state index in [1.165, 1.54) is 13.5 Å². The van der Waals surface area contributed by atoms with E-state index in [2.05, 4.69) is 76.0 Å². The average molecular weight is 1210 g/mol. The summed E-state index contributed by atoms with van der Waals surface area (Å²) in [6, 6.07) is 20.7. The molecule has 9 rings (SSSR count). The Kier molecular flexibility index (Phi) is 18.9. The third-order valence-electron chi connectivity index (χ3n) is 11.6. The molecular weight excluding hydrogens is 1150 g/mol. The number of hydrogen-bond donors (Lipinski definition) is 6. The van der Waals surface area contributed by atoms with Crippen molar-refractivity contribution in [2.75, 3.05) is 68.7 Å². The monoisotopic (exact) mass is 1210 g/mol. The first-order chi connectivity index (χ1) is 39.5. The summed E-state index contributed by atoms with van der Waals surface area (Å²) in [5.41, 5.74) is 9.33. The highest BCUT2D eigenvalue weighted by molar-refractivity contribution is 7.92. The molecule has 30 nitrogen and oxygen atoms in total. The van der Waals surface area contributed by atoms with Gasteiger partial charge in [-0.25, -0.2) is 39.6 Å². The Hall–Kier alpha value is -9.63. The molecule has 6 heterocycles. The number of ether oxygens (including phenoxy) is 3. The second-order valence-corrected chi connectivity index (χ2v) is 23.8. The van der Waals surface area contributed by atoms with Crippen LogP contribution in [0.5, 0.6) is 0 Å². The van der Waals surface area contributed by atoms with Crippen LogP contribution in [-0.4, -0.2) is 142 Å². The summed E-state index contributed by atoms with van der Waals surface area (Å²) in [6.07, 6.45) is 1.41. The summed E-state index contributed by atoms with van der Waals surface area (Å²) in [5, 5.41) is 45.5. The summed E-state index contributed by atoms with van der Waals surface area (Å²) in [5.74, 6) is 1.60. The van der Waals surface area contributed by atoms with E-state index in [9.17, 15) is 39.6 Å². The Balaban J connectivity index is 0.000000181. The molecule has 0 atom stereocenters. The van der Waals surface area contributed by atoms with Crippen LogP contribution in [0, 0.1) is 41.5 Å². The van der Waals surface area contributed by atoms with Crippen molar-refractivity contribution < 1.29 is 53.8 Å². The minimum atomic E-state index is -3.43. The number of aromatic nitrogens is 12. The zero-order valence-corrected chi connectivity index (χ0v) is 50.0. The first kappa shape index (κ1) is 62.0. The van der Waals surface area contributed by atoms with Crippen LogP contribution in [0.1, 0.15) is 54.9 Å². The predicted octanol–water partition coefficient (Wildman–Crippen LogP) is 7.04. The van der Waals surface area contributed by atoms with E-state index < -0.39 is 48.3 Å². The molecule has 0 aliphatic carbocycles. The number of nitrogens with one attached hydrogen (secondary N) is 6. The van der Waals surface area contributed by atoms with E-state index >= 15 is 0 Å². The first-order valence-corrected chi connectivity index (χ1v) is 31.0. The van der Waals surface area contributed by atoms with Crippen LogP contribution in [0.3, 0.4) is 0 Å². The summed E-state index contributed by atoms with van der Waals surface area (Å²) in [6.45, 7) is 16.4. The molecule has 9 aromatic rings. The second-order valence-electron chi connectivity index (χ2n) is 18.5. The number of rotatable bonds is 15. The molecule has 0 saturated heterocycles. The van der Waals surface area contributed by atoms with Gasteiger partial charge in [0.2, 0.25) is 47.0 Å². The van der Waals surface area contributed by atoms with Crippen LogP contribution >= 0.6 is 0 Å². The lowest BCUT2D eigenvalue weighted by Gasteiger charge is -2.12.